The number of aromatic nitrogens is 1. The van der Waals surface area contributed by atoms with Crippen LogP contribution in [0.25, 0.3) is 0 Å². The first-order chi connectivity index (χ1) is 11.2. The fraction of sp³-hybridized carbons (Fsp3) is 0.333. The maximum Gasteiger partial charge on any atom is 0.238 e. The van der Waals surface area contributed by atoms with Gasteiger partial charge in [0, 0.05) is 30.9 Å². The number of rotatable bonds is 5. The first kappa shape index (κ1) is 15.6. The lowest BCUT2D eigenvalue weighted by molar-refractivity contribution is -0.122. The molecule has 1 saturated heterocycles. The first-order valence-corrected chi connectivity index (χ1v) is 7.97. The fourth-order valence-electron chi connectivity index (χ4n) is 2.73. The maximum absolute atomic E-state index is 12.2. The number of pyridine rings is 1. The summed E-state index contributed by atoms with van der Waals surface area (Å²) in [6.45, 7) is 2.67. The number of carbonyl (C=O) groups is 1. The summed E-state index contributed by atoms with van der Waals surface area (Å²) in [5.41, 5.74) is 9.73. The number of aryl methyl sites for hydroxylation is 1. The Morgan fingerprint density at radius 1 is 1.22 bits per heavy atom. The Morgan fingerprint density at radius 3 is 2.78 bits per heavy atom. The summed E-state index contributed by atoms with van der Waals surface area (Å²) in [5, 5.41) is 2.97. The van der Waals surface area contributed by atoms with Crippen molar-refractivity contribution in [1.82, 2.24) is 21.2 Å². The molecule has 0 radical (unpaired) electrons. The SMILES string of the molecule is Cc1ccc(C2CC(C(=O)NCCc3ccccn3)NN2)cc1. The number of carbonyl (C=O) groups excluding carboxylic acids is 1. The van der Waals surface area contributed by atoms with Gasteiger partial charge in [-0.2, -0.15) is 0 Å². The van der Waals surface area contributed by atoms with Gasteiger partial charge >= 0.3 is 0 Å². The van der Waals surface area contributed by atoms with Gasteiger partial charge < -0.3 is 5.32 Å². The van der Waals surface area contributed by atoms with Crippen molar-refractivity contribution in [2.45, 2.75) is 31.8 Å². The molecule has 1 aromatic heterocycles. The van der Waals surface area contributed by atoms with E-state index in [4.69, 9.17) is 0 Å². The predicted molar refractivity (Wildman–Crippen MR) is 89.5 cm³/mol. The van der Waals surface area contributed by atoms with Crippen LogP contribution in [0.5, 0.6) is 0 Å². The largest absolute Gasteiger partial charge is 0.354 e. The summed E-state index contributed by atoms with van der Waals surface area (Å²) < 4.78 is 0. The number of hydrazine groups is 1. The van der Waals surface area contributed by atoms with E-state index < -0.39 is 0 Å². The van der Waals surface area contributed by atoms with Gasteiger partial charge in [-0.1, -0.05) is 35.9 Å². The Hall–Kier alpha value is -2.24. The molecule has 2 heterocycles. The first-order valence-electron chi connectivity index (χ1n) is 7.97. The molecule has 3 N–H and O–H groups in total. The molecule has 0 saturated carbocycles. The lowest BCUT2D eigenvalue weighted by Crippen LogP contribution is -2.43. The van der Waals surface area contributed by atoms with Crippen LogP contribution in [-0.2, 0) is 11.2 Å². The summed E-state index contributed by atoms with van der Waals surface area (Å²) >= 11 is 0. The van der Waals surface area contributed by atoms with Crippen LogP contribution in [0.15, 0.2) is 48.7 Å². The van der Waals surface area contributed by atoms with Gasteiger partial charge in [0.05, 0.1) is 0 Å². The third-order valence-corrected chi connectivity index (χ3v) is 4.11. The van der Waals surface area contributed by atoms with Crippen LogP contribution in [0.3, 0.4) is 0 Å². The highest BCUT2D eigenvalue weighted by Crippen LogP contribution is 2.22. The Morgan fingerprint density at radius 2 is 2.04 bits per heavy atom. The highest BCUT2D eigenvalue weighted by molar-refractivity contribution is 5.82. The van der Waals surface area contributed by atoms with E-state index in [0.717, 1.165) is 18.5 Å². The quantitative estimate of drug-likeness (QED) is 0.786. The molecule has 2 unspecified atom stereocenters. The zero-order valence-corrected chi connectivity index (χ0v) is 13.3. The Bertz CT molecular complexity index is 642. The standard InChI is InChI=1S/C18H22N4O/c1-13-5-7-14(8-6-13)16-12-17(22-21-16)18(23)20-11-9-15-4-2-3-10-19-15/h2-8,10,16-17,21-22H,9,11-12H2,1H3,(H,20,23). The minimum absolute atomic E-state index is 0.0306. The van der Waals surface area contributed by atoms with E-state index in [-0.39, 0.29) is 18.0 Å². The Labute approximate surface area is 136 Å². The van der Waals surface area contributed by atoms with Crippen LogP contribution >= 0.6 is 0 Å². The molecule has 2 aromatic rings. The molecule has 1 aliphatic rings. The molecule has 5 heteroatoms. The molecule has 0 bridgehead atoms. The summed E-state index contributed by atoms with van der Waals surface area (Å²) in [6, 6.07) is 14.2. The van der Waals surface area contributed by atoms with Crippen molar-refractivity contribution in [3.8, 4) is 0 Å². The second kappa shape index (κ2) is 7.35. The molecule has 2 atom stereocenters. The van der Waals surface area contributed by atoms with Gasteiger partial charge in [-0.3, -0.25) is 9.78 Å². The highest BCUT2D eigenvalue weighted by Gasteiger charge is 2.29. The van der Waals surface area contributed by atoms with Crippen molar-refractivity contribution < 1.29 is 4.79 Å². The number of benzene rings is 1. The van der Waals surface area contributed by atoms with Gasteiger partial charge in [0.25, 0.3) is 0 Å². The van der Waals surface area contributed by atoms with Crippen molar-refractivity contribution in [2.75, 3.05) is 6.54 Å². The minimum Gasteiger partial charge on any atom is -0.354 e. The summed E-state index contributed by atoms with van der Waals surface area (Å²) in [6.07, 6.45) is 3.26. The van der Waals surface area contributed by atoms with Gasteiger partial charge in [0.15, 0.2) is 0 Å². The van der Waals surface area contributed by atoms with Gasteiger partial charge in [-0.05, 0) is 31.0 Å². The smallest absolute Gasteiger partial charge is 0.238 e. The topological polar surface area (TPSA) is 66.0 Å². The van der Waals surface area contributed by atoms with E-state index in [1.165, 1.54) is 11.1 Å². The normalized spacial score (nSPS) is 20.4. The summed E-state index contributed by atoms with van der Waals surface area (Å²) in [4.78, 5) is 16.5. The fourth-order valence-corrected chi connectivity index (χ4v) is 2.73. The molecule has 1 aliphatic heterocycles. The maximum atomic E-state index is 12.2. The lowest BCUT2D eigenvalue weighted by Gasteiger charge is -2.11. The van der Waals surface area contributed by atoms with Crippen molar-refractivity contribution in [3.05, 3.63) is 65.5 Å². The van der Waals surface area contributed by atoms with E-state index in [1.807, 2.05) is 18.2 Å². The third kappa shape index (κ3) is 4.15. The molecule has 120 valence electrons. The van der Waals surface area contributed by atoms with Crippen molar-refractivity contribution >= 4 is 5.91 Å². The molecule has 1 fully saturated rings. The van der Waals surface area contributed by atoms with Crippen LogP contribution < -0.4 is 16.2 Å². The molecule has 23 heavy (non-hydrogen) atoms. The molecule has 0 aliphatic carbocycles. The summed E-state index contributed by atoms with van der Waals surface area (Å²) in [5.74, 6) is 0.0306. The molecule has 1 amide bonds. The highest BCUT2D eigenvalue weighted by atomic mass is 16.2. The number of nitrogens with zero attached hydrogens (tertiary/aromatic N) is 1. The Kier molecular flexibility index (Phi) is 5.00. The van der Waals surface area contributed by atoms with Crippen LogP contribution in [0, 0.1) is 6.92 Å². The van der Waals surface area contributed by atoms with Gasteiger partial charge in [-0.25, -0.2) is 10.9 Å². The van der Waals surface area contributed by atoms with Crippen LogP contribution in [0.4, 0.5) is 0 Å². The van der Waals surface area contributed by atoms with Crippen molar-refractivity contribution in [2.24, 2.45) is 0 Å². The number of amides is 1. The molecule has 5 nitrogen and oxygen atoms in total. The van der Waals surface area contributed by atoms with E-state index in [0.29, 0.717) is 6.54 Å². The van der Waals surface area contributed by atoms with E-state index in [1.54, 1.807) is 6.20 Å². The second-order valence-corrected chi connectivity index (χ2v) is 5.90. The molecule has 1 aromatic carbocycles. The molecule has 3 rings (SSSR count). The number of hydrogen-bond acceptors (Lipinski definition) is 4. The monoisotopic (exact) mass is 310 g/mol. The minimum atomic E-state index is -0.204. The molecule has 0 spiro atoms. The zero-order chi connectivity index (χ0) is 16.1. The van der Waals surface area contributed by atoms with Crippen LogP contribution in [-0.4, -0.2) is 23.5 Å². The Balaban J connectivity index is 1.46. The molecular weight excluding hydrogens is 288 g/mol. The van der Waals surface area contributed by atoms with Crippen LogP contribution in [0.2, 0.25) is 0 Å². The molecular formula is C18H22N4O. The van der Waals surface area contributed by atoms with Gasteiger partial charge in [0.2, 0.25) is 5.91 Å². The van der Waals surface area contributed by atoms with Crippen LogP contribution in [0.1, 0.15) is 29.3 Å². The summed E-state index contributed by atoms with van der Waals surface area (Å²) in [7, 11) is 0. The second-order valence-electron chi connectivity index (χ2n) is 5.90. The predicted octanol–water partition coefficient (Wildman–Crippen LogP) is 1.66. The van der Waals surface area contributed by atoms with E-state index in [2.05, 4.69) is 52.3 Å². The third-order valence-electron chi connectivity index (χ3n) is 4.11. The van der Waals surface area contributed by atoms with E-state index in [9.17, 15) is 4.79 Å². The number of nitrogens with one attached hydrogen (secondary N) is 3. The van der Waals surface area contributed by atoms with Crippen molar-refractivity contribution in [3.63, 3.8) is 0 Å². The number of hydrogen-bond donors (Lipinski definition) is 3. The zero-order valence-electron chi connectivity index (χ0n) is 13.3. The average Bonchev–Trinajstić information content (AvgIpc) is 3.06. The van der Waals surface area contributed by atoms with Gasteiger partial charge in [0.1, 0.15) is 6.04 Å². The van der Waals surface area contributed by atoms with E-state index >= 15 is 0 Å². The lowest BCUT2D eigenvalue weighted by atomic mass is 10.0. The van der Waals surface area contributed by atoms with Gasteiger partial charge in [-0.15, -0.1) is 0 Å². The van der Waals surface area contributed by atoms with Crippen molar-refractivity contribution in [1.29, 1.82) is 0 Å². The average molecular weight is 310 g/mol.